The second-order valence-electron chi connectivity index (χ2n) is 0.312. The van der Waals surface area contributed by atoms with E-state index in [0.29, 0.717) is 0 Å². The summed E-state index contributed by atoms with van der Waals surface area (Å²) in [5.41, 5.74) is 0. The summed E-state index contributed by atoms with van der Waals surface area (Å²) in [5.74, 6) is 0. The molecule has 0 N–H and O–H groups in total. The molecule has 0 aromatic heterocycles. The highest BCUT2D eigenvalue weighted by Gasteiger charge is 1.58. The third kappa shape index (κ3) is 2.38. The molecule has 0 aliphatic rings. The number of hydrogen-bond donors (Lipinski definition) is 0. The first-order valence-electron chi connectivity index (χ1n) is 0.907. The highest BCUT2D eigenvalue weighted by molar-refractivity contribution is 7.69. The van der Waals surface area contributed by atoms with E-state index in [2.05, 4.69) is 0 Å². The molecule has 0 saturated heterocycles. The maximum absolute atomic E-state index is 9.21. The highest BCUT2D eigenvalue weighted by atomic mass is 31.3. The fourth-order valence-corrected chi connectivity index (χ4v) is 0. The van der Waals surface area contributed by atoms with Crippen LogP contribution in [0.4, 0.5) is 0 Å². The number of hydrogen-bond acceptors (Lipinski definition) is 1. The zero-order valence-corrected chi connectivity index (χ0v) is 4.45. The van der Waals surface area contributed by atoms with Gasteiger partial charge in [0, 0.05) is 0 Å². The molecule has 0 heterocycles. The smallest absolute Gasteiger partial charge is 0.102 e. The SMILES string of the molecule is [B][SiH2]P=O. The highest BCUT2D eigenvalue weighted by Crippen LogP contribution is 1.74. The van der Waals surface area contributed by atoms with Crippen LogP contribution in [0.15, 0.2) is 0 Å². The molecular formula is H2BOPSi. The van der Waals surface area contributed by atoms with Crippen LogP contribution in [0.2, 0.25) is 0 Å². The van der Waals surface area contributed by atoms with E-state index < -0.39 is 9.06 Å². The van der Waals surface area contributed by atoms with E-state index in [9.17, 15) is 4.57 Å². The first-order chi connectivity index (χ1) is 1.91. The average molecular weight is 87.9 g/mol. The van der Waals surface area contributed by atoms with Gasteiger partial charge in [0.15, 0.2) is 0 Å². The van der Waals surface area contributed by atoms with Gasteiger partial charge in [-0.25, -0.2) is 0 Å². The Hall–Kier alpha value is 0.382. The van der Waals surface area contributed by atoms with Crippen molar-refractivity contribution in [3.63, 3.8) is 0 Å². The lowest BCUT2D eigenvalue weighted by Crippen LogP contribution is -1.64. The van der Waals surface area contributed by atoms with E-state index in [-0.39, 0.29) is 8.01 Å². The summed E-state index contributed by atoms with van der Waals surface area (Å²) in [5, 5.41) is 0. The van der Waals surface area contributed by atoms with E-state index in [1.165, 1.54) is 0 Å². The molecule has 1 nitrogen and oxygen atoms in total. The Labute approximate surface area is 30.0 Å². The van der Waals surface area contributed by atoms with Gasteiger partial charge in [0.25, 0.3) is 0 Å². The predicted octanol–water partition coefficient (Wildman–Crippen LogP) is -0.555. The van der Waals surface area contributed by atoms with Crippen molar-refractivity contribution in [1.29, 1.82) is 0 Å². The summed E-state index contributed by atoms with van der Waals surface area (Å²) in [6, 6.07) is 0. The number of rotatable bonds is 1. The van der Waals surface area contributed by atoms with Gasteiger partial charge < -0.3 is 0 Å². The van der Waals surface area contributed by atoms with Gasteiger partial charge >= 0.3 is 0 Å². The Morgan fingerprint density at radius 3 is 2.25 bits per heavy atom. The van der Waals surface area contributed by atoms with Crippen molar-refractivity contribution in [1.82, 2.24) is 0 Å². The molecule has 0 fully saturated rings. The topological polar surface area (TPSA) is 17.1 Å². The first kappa shape index (κ1) is 4.38. The van der Waals surface area contributed by atoms with Crippen LogP contribution in [-0.4, -0.2) is 16.5 Å². The molecule has 4 heavy (non-hydrogen) atoms. The van der Waals surface area contributed by atoms with Crippen molar-refractivity contribution in [3.8, 4) is 0 Å². The molecule has 0 saturated carbocycles. The molecule has 0 unspecified atom stereocenters. The Morgan fingerprint density at radius 1 is 2.00 bits per heavy atom. The summed E-state index contributed by atoms with van der Waals surface area (Å²) >= 11 is 0. The molecule has 0 spiro atoms. The van der Waals surface area contributed by atoms with Gasteiger partial charge in [-0.05, 0) is 0 Å². The normalized spacial score (nSPS) is 11.0. The fourth-order valence-electron chi connectivity index (χ4n) is 0. The van der Waals surface area contributed by atoms with Crippen LogP contribution in [-0.2, 0) is 4.57 Å². The van der Waals surface area contributed by atoms with Gasteiger partial charge in [-0.15, -0.1) is 0 Å². The maximum atomic E-state index is 9.21. The molecule has 0 amide bonds. The zero-order chi connectivity index (χ0) is 3.41. The van der Waals surface area contributed by atoms with Gasteiger partial charge in [-0.3, -0.25) is 4.57 Å². The molecular weight excluding hydrogens is 85.9 g/mol. The summed E-state index contributed by atoms with van der Waals surface area (Å²) in [6.45, 7) is 0. The molecule has 0 aromatic rings. The van der Waals surface area contributed by atoms with Crippen molar-refractivity contribution >= 4 is 24.5 Å². The molecule has 4 heteroatoms. The Bertz CT molecular complexity index is 22.0. The van der Waals surface area contributed by atoms with Crippen molar-refractivity contribution in [3.05, 3.63) is 0 Å². The lowest BCUT2D eigenvalue weighted by atomic mass is 10.8. The third-order valence-electron chi connectivity index (χ3n) is 0.0745. The van der Waals surface area contributed by atoms with Crippen LogP contribution < -0.4 is 0 Å². The van der Waals surface area contributed by atoms with Gasteiger partial charge in [0.2, 0.25) is 0 Å². The molecule has 0 aliphatic heterocycles. The van der Waals surface area contributed by atoms with E-state index >= 15 is 0 Å². The van der Waals surface area contributed by atoms with Gasteiger partial charge in [-0.2, -0.15) is 0 Å². The standard InChI is InChI=1S/BH2OPSi/c1-4-3-2/h4H2. The Morgan fingerprint density at radius 2 is 2.25 bits per heavy atom. The zero-order valence-electron chi connectivity index (χ0n) is 2.14. The van der Waals surface area contributed by atoms with Crippen LogP contribution in [0.5, 0.6) is 0 Å². The van der Waals surface area contributed by atoms with Crippen molar-refractivity contribution in [2.75, 3.05) is 0 Å². The van der Waals surface area contributed by atoms with Crippen molar-refractivity contribution in [2.45, 2.75) is 0 Å². The fraction of sp³-hybridized carbons (Fsp3) is 0. The first-order valence-corrected chi connectivity index (χ1v) is 4.62. The van der Waals surface area contributed by atoms with Crippen molar-refractivity contribution in [2.24, 2.45) is 0 Å². The molecule has 0 rings (SSSR count). The Kier molecular flexibility index (Phi) is 3.70. The van der Waals surface area contributed by atoms with Crippen LogP contribution in [0.1, 0.15) is 0 Å². The Balaban J connectivity index is 2.30. The third-order valence-corrected chi connectivity index (χ3v) is 0.671. The average Bonchev–Trinajstić information content (AvgIpc) is 1.37. The van der Waals surface area contributed by atoms with Crippen molar-refractivity contribution < 1.29 is 4.57 Å². The molecule has 0 bridgehead atoms. The van der Waals surface area contributed by atoms with Gasteiger partial charge in [0.05, 0.1) is 16.5 Å². The predicted molar refractivity (Wildman–Crippen MR) is 21.9 cm³/mol. The van der Waals surface area contributed by atoms with Crippen LogP contribution in [0.25, 0.3) is 0 Å². The van der Waals surface area contributed by atoms with Gasteiger partial charge in [0.1, 0.15) is 8.01 Å². The van der Waals surface area contributed by atoms with E-state index in [1.54, 1.807) is 0 Å². The van der Waals surface area contributed by atoms with Crippen LogP contribution >= 0.6 is 8.01 Å². The summed E-state index contributed by atoms with van der Waals surface area (Å²) < 4.78 is 9.21. The molecule has 20 valence electrons. The lowest BCUT2D eigenvalue weighted by molar-refractivity contribution is 0.605. The second kappa shape index (κ2) is 3.38. The van der Waals surface area contributed by atoms with Gasteiger partial charge in [-0.1, -0.05) is 0 Å². The molecule has 2 radical (unpaired) electrons. The largest absolute Gasteiger partial charge is 0.284 e. The van der Waals surface area contributed by atoms with E-state index in [1.807, 2.05) is 0 Å². The minimum atomic E-state index is -0.659. The molecule has 0 aromatic carbocycles. The molecule has 0 aliphatic carbocycles. The van der Waals surface area contributed by atoms with E-state index in [0.717, 1.165) is 0 Å². The second-order valence-corrected chi connectivity index (χ2v) is 2.81. The summed E-state index contributed by atoms with van der Waals surface area (Å²) in [6.07, 6.45) is 0. The van der Waals surface area contributed by atoms with Crippen LogP contribution in [0.3, 0.4) is 0 Å². The van der Waals surface area contributed by atoms with E-state index in [4.69, 9.17) is 7.44 Å². The molecule has 0 atom stereocenters. The lowest BCUT2D eigenvalue weighted by Gasteiger charge is -1.45. The quantitative estimate of drug-likeness (QED) is 0.310. The van der Waals surface area contributed by atoms with Crippen LogP contribution in [0, 0.1) is 0 Å². The maximum Gasteiger partial charge on any atom is 0.102 e. The minimum Gasteiger partial charge on any atom is -0.284 e. The minimum absolute atomic E-state index is 0.165. The summed E-state index contributed by atoms with van der Waals surface area (Å²) in [4.78, 5) is 0. The monoisotopic (exact) mass is 88.0 g/mol. The summed E-state index contributed by atoms with van der Waals surface area (Å²) in [7, 11) is 4.35.